The molecule has 0 N–H and O–H groups in total. The Labute approximate surface area is 145 Å². The lowest BCUT2D eigenvalue weighted by Gasteiger charge is -2.19. The summed E-state index contributed by atoms with van der Waals surface area (Å²) in [6.07, 6.45) is 2.22. The van der Waals surface area contributed by atoms with E-state index in [1.165, 1.54) is 32.7 Å². The van der Waals surface area contributed by atoms with Gasteiger partial charge >= 0.3 is 0 Å². The quantitative estimate of drug-likeness (QED) is 0.418. The number of allylic oxidation sites excluding steroid dienone is 1. The molecule has 3 radical (unpaired) electrons. The number of hydrogen-bond acceptors (Lipinski definition) is 0. The standard InChI is InChI=1S/C23H17Si/c24-16-15-23(21-13-5-9-17-7-1-3-11-19(17)21)22-14-6-10-18-8-2-4-12-20(18)22/h1-16,23H. The molecule has 0 fully saturated rings. The molecule has 0 aliphatic heterocycles. The fourth-order valence-electron chi connectivity index (χ4n) is 3.51. The minimum atomic E-state index is 0.208. The smallest absolute Gasteiger partial charge is 0.0596 e. The third-order valence-corrected chi connectivity index (χ3v) is 4.80. The van der Waals surface area contributed by atoms with Gasteiger partial charge in [0.1, 0.15) is 0 Å². The molecule has 0 unspecified atom stereocenters. The fraction of sp³-hybridized carbons (Fsp3) is 0.0435. The van der Waals surface area contributed by atoms with Crippen molar-refractivity contribution in [3.05, 3.63) is 108 Å². The Kier molecular flexibility index (Phi) is 4.02. The minimum absolute atomic E-state index is 0.208. The second-order valence-electron chi connectivity index (χ2n) is 5.97. The van der Waals surface area contributed by atoms with Crippen LogP contribution in [0.3, 0.4) is 0 Å². The van der Waals surface area contributed by atoms with E-state index in [4.69, 9.17) is 0 Å². The first-order valence-electron chi connectivity index (χ1n) is 8.18. The van der Waals surface area contributed by atoms with E-state index in [9.17, 15) is 0 Å². The van der Waals surface area contributed by atoms with Crippen LogP contribution in [0.4, 0.5) is 0 Å². The molecule has 0 heterocycles. The van der Waals surface area contributed by atoms with Crippen molar-refractivity contribution < 1.29 is 0 Å². The largest absolute Gasteiger partial charge is 0.105 e. The van der Waals surface area contributed by atoms with E-state index < -0.39 is 0 Å². The fourth-order valence-corrected chi connectivity index (χ4v) is 3.71. The molecule has 0 saturated carbocycles. The van der Waals surface area contributed by atoms with Gasteiger partial charge in [0.05, 0.1) is 10.2 Å². The maximum atomic E-state index is 3.54. The van der Waals surface area contributed by atoms with Crippen LogP contribution in [0.1, 0.15) is 17.0 Å². The molecule has 4 rings (SSSR count). The van der Waals surface area contributed by atoms with Gasteiger partial charge < -0.3 is 0 Å². The molecule has 4 aromatic rings. The van der Waals surface area contributed by atoms with E-state index in [0.717, 1.165) is 0 Å². The van der Waals surface area contributed by atoms with Gasteiger partial charge in [-0.2, -0.15) is 0 Å². The number of hydrogen-bond donors (Lipinski definition) is 0. The second-order valence-corrected chi connectivity index (χ2v) is 6.31. The van der Waals surface area contributed by atoms with Crippen LogP contribution in [0, 0.1) is 0 Å². The first kappa shape index (κ1) is 14.9. The molecule has 0 spiro atoms. The zero-order chi connectivity index (χ0) is 16.4. The minimum Gasteiger partial charge on any atom is -0.105 e. The van der Waals surface area contributed by atoms with Crippen LogP contribution in [0.2, 0.25) is 0 Å². The summed E-state index contributed by atoms with van der Waals surface area (Å²) in [4.78, 5) is 0. The molecule has 0 nitrogen and oxygen atoms in total. The van der Waals surface area contributed by atoms with Crippen molar-refractivity contribution in [1.82, 2.24) is 0 Å². The summed E-state index contributed by atoms with van der Waals surface area (Å²) in [5, 5.41) is 5.18. The van der Waals surface area contributed by atoms with Gasteiger partial charge in [0.15, 0.2) is 0 Å². The van der Waals surface area contributed by atoms with Crippen LogP contribution >= 0.6 is 0 Å². The lowest BCUT2D eigenvalue weighted by molar-refractivity contribution is 1.06. The van der Waals surface area contributed by atoms with Crippen LogP contribution in [-0.2, 0) is 0 Å². The summed E-state index contributed by atoms with van der Waals surface area (Å²) in [6, 6.07) is 30.3. The SMILES string of the molecule is [Si]C=CC(c1cccc2ccccc12)c1cccc2ccccc12. The van der Waals surface area contributed by atoms with Crippen molar-refractivity contribution in [1.29, 1.82) is 0 Å². The predicted molar refractivity (Wildman–Crippen MR) is 105 cm³/mol. The molecule has 0 saturated heterocycles. The van der Waals surface area contributed by atoms with Gasteiger partial charge in [0.2, 0.25) is 0 Å². The van der Waals surface area contributed by atoms with E-state index in [1.54, 1.807) is 0 Å². The Morgan fingerprint density at radius 2 is 1.04 bits per heavy atom. The summed E-state index contributed by atoms with van der Waals surface area (Å²) < 4.78 is 0. The van der Waals surface area contributed by atoms with E-state index in [-0.39, 0.29) is 5.92 Å². The lowest BCUT2D eigenvalue weighted by Crippen LogP contribution is -2.00. The van der Waals surface area contributed by atoms with Crippen LogP contribution < -0.4 is 0 Å². The summed E-state index contributed by atoms with van der Waals surface area (Å²) >= 11 is 0. The first-order valence-corrected chi connectivity index (χ1v) is 8.75. The summed E-state index contributed by atoms with van der Waals surface area (Å²) in [5.41, 5.74) is 4.63. The molecule has 4 aromatic carbocycles. The monoisotopic (exact) mass is 321 g/mol. The van der Waals surface area contributed by atoms with Crippen LogP contribution in [-0.4, -0.2) is 10.2 Å². The van der Waals surface area contributed by atoms with E-state index in [2.05, 4.69) is 101 Å². The second kappa shape index (κ2) is 6.46. The molecule has 0 aliphatic carbocycles. The molecule has 0 aliphatic rings. The maximum Gasteiger partial charge on any atom is 0.0596 e. The Hall–Kier alpha value is -2.64. The highest BCUT2D eigenvalue weighted by Crippen LogP contribution is 2.35. The Morgan fingerprint density at radius 3 is 1.54 bits per heavy atom. The van der Waals surface area contributed by atoms with E-state index in [0.29, 0.717) is 0 Å². The molecule has 0 bridgehead atoms. The van der Waals surface area contributed by atoms with Crippen LogP contribution in [0.15, 0.2) is 96.7 Å². The van der Waals surface area contributed by atoms with Crippen molar-refractivity contribution in [2.24, 2.45) is 0 Å². The van der Waals surface area contributed by atoms with Crippen molar-refractivity contribution in [2.75, 3.05) is 0 Å². The Morgan fingerprint density at radius 1 is 0.583 bits per heavy atom. The first-order chi connectivity index (χ1) is 11.9. The van der Waals surface area contributed by atoms with Crippen LogP contribution in [0.5, 0.6) is 0 Å². The van der Waals surface area contributed by atoms with Crippen molar-refractivity contribution in [3.8, 4) is 0 Å². The van der Waals surface area contributed by atoms with Gasteiger partial charge in [0.25, 0.3) is 0 Å². The number of fused-ring (bicyclic) bond motifs is 2. The topological polar surface area (TPSA) is 0 Å². The summed E-state index contributed by atoms with van der Waals surface area (Å²) in [6.45, 7) is 0. The van der Waals surface area contributed by atoms with Gasteiger partial charge in [-0.05, 0) is 32.7 Å². The van der Waals surface area contributed by atoms with Gasteiger partial charge in [-0.25, -0.2) is 0 Å². The number of rotatable bonds is 3. The predicted octanol–water partition coefficient (Wildman–Crippen LogP) is 5.81. The van der Waals surface area contributed by atoms with Crippen molar-refractivity contribution in [2.45, 2.75) is 5.92 Å². The third-order valence-electron chi connectivity index (χ3n) is 4.61. The molecule has 0 aromatic heterocycles. The Balaban J connectivity index is 2.00. The maximum absolute atomic E-state index is 3.54. The zero-order valence-electron chi connectivity index (χ0n) is 13.3. The zero-order valence-corrected chi connectivity index (χ0v) is 14.3. The molecular formula is C23H17Si. The molecule has 0 atom stereocenters. The summed E-state index contributed by atoms with van der Waals surface area (Å²) in [7, 11) is 3.54. The van der Waals surface area contributed by atoms with Crippen LogP contribution in [0.25, 0.3) is 21.5 Å². The lowest BCUT2D eigenvalue weighted by atomic mass is 9.85. The third kappa shape index (κ3) is 2.57. The molecule has 113 valence electrons. The van der Waals surface area contributed by atoms with Gasteiger partial charge in [-0.1, -0.05) is 91.0 Å². The molecular weight excluding hydrogens is 304 g/mol. The molecule has 0 amide bonds. The highest BCUT2D eigenvalue weighted by atomic mass is 28.1. The van der Waals surface area contributed by atoms with E-state index >= 15 is 0 Å². The average molecular weight is 321 g/mol. The molecule has 1 heteroatoms. The van der Waals surface area contributed by atoms with Gasteiger partial charge in [0, 0.05) is 5.92 Å². The highest BCUT2D eigenvalue weighted by molar-refractivity contribution is 6.17. The van der Waals surface area contributed by atoms with Gasteiger partial charge in [-0.3, -0.25) is 0 Å². The number of benzene rings is 4. The average Bonchev–Trinajstić information content (AvgIpc) is 2.65. The van der Waals surface area contributed by atoms with Crippen molar-refractivity contribution in [3.63, 3.8) is 0 Å². The Bertz CT molecular complexity index is 940. The normalized spacial score (nSPS) is 11.8. The van der Waals surface area contributed by atoms with Crippen molar-refractivity contribution >= 4 is 31.8 Å². The molecule has 24 heavy (non-hydrogen) atoms. The van der Waals surface area contributed by atoms with E-state index in [1.807, 2.05) is 5.70 Å². The highest BCUT2D eigenvalue weighted by Gasteiger charge is 2.15. The summed E-state index contributed by atoms with van der Waals surface area (Å²) in [5.74, 6) is 0.208. The van der Waals surface area contributed by atoms with Gasteiger partial charge in [-0.15, -0.1) is 5.70 Å².